The van der Waals surface area contributed by atoms with Crippen molar-refractivity contribution >= 4 is 23.2 Å². The molecule has 0 atom stereocenters. The predicted molar refractivity (Wildman–Crippen MR) is 82.2 cm³/mol. The van der Waals surface area contributed by atoms with Crippen LogP contribution in [0.2, 0.25) is 0 Å². The Kier molecular flexibility index (Phi) is 5.48. The molecule has 0 unspecified atom stereocenters. The topological polar surface area (TPSA) is 88.5 Å². The standard InChI is InChI=1S/C15H16N2O4S/c1-2-10-3-5-11(6-4-10)21-8-13(18)16-7-14-17-12(9-22-14)15(19)20/h3-6,9H,2,7-8H2,1H3,(H,16,18)(H,19,20). The van der Waals surface area contributed by atoms with E-state index in [0.29, 0.717) is 10.8 Å². The molecule has 7 heteroatoms. The maximum Gasteiger partial charge on any atom is 0.355 e. The first-order valence-electron chi connectivity index (χ1n) is 6.74. The number of carbonyl (C=O) groups is 2. The minimum atomic E-state index is -1.08. The summed E-state index contributed by atoms with van der Waals surface area (Å²) >= 11 is 1.19. The van der Waals surface area contributed by atoms with Crippen molar-refractivity contribution in [2.45, 2.75) is 19.9 Å². The molecule has 0 radical (unpaired) electrons. The molecule has 2 N–H and O–H groups in total. The summed E-state index contributed by atoms with van der Waals surface area (Å²) in [6.07, 6.45) is 0.951. The van der Waals surface area contributed by atoms with E-state index in [1.54, 1.807) is 0 Å². The van der Waals surface area contributed by atoms with Gasteiger partial charge in [-0.25, -0.2) is 9.78 Å². The molecule has 1 aromatic carbocycles. The normalized spacial score (nSPS) is 10.2. The highest BCUT2D eigenvalue weighted by molar-refractivity contribution is 7.09. The van der Waals surface area contributed by atoms with E-state index >= 15 is 0 Å². The smallest absolute Gasteiger partial charge is 0.355 e. The van der Waals surface area contributed by atoms with Crippen LogP contribution in [-0.4, -0.2) is 28.6 Å². The Morgan fingerprint density at radius 3 is 2.64 bits per heavy atom. The second-order valence-electron chi connectivity index (χ2n) is 4.49. The number of ether oxygens (including phenoxy) is 1. The van der Waals surface area contributed by atoms with Gasteiger partial charge in [0.05, 0.1) is 6.54 Å². The first-order valence-corrected chi connectivity index (χ1v) is 7.62. The van der Waals surface area contributed by atoms with Gasteiger partial charge in [0, 0.05) is 5.38 Å². The van der Waals surface area contributed by atoms with Gasteiger partial charge in [0.15, 0.2) is 12.3 Å². The average molecular weight is 320 g/mol. The Balaban J connectivity index is 1.76. The van der Waals surface area contributed by atoms with E-state index in [-0.39, 0.29) is 24.8 Å². The Morgan fingerprint density at radius 2 is 2.05 bits per heavy atom. The highest BCUT2D eigenvalue weighted by atomic mass is 32.1. The van der Waals surface area contributed by atoms with Gasteiger partial charge in [0.2, 0.25) is 0 Å². The predicted octanol–water partition coefficient (Wildman–Crippen LogP) is 2.10. The third kappa shape index (κ3) is 4.56. The number of nitrogens with zero attached hydrogens (tertiary/aromatic N) is 1. The molecule has 1 amide bonds. The van der Waals surface area contributed by atoms with Gasteiger partial charge in [0.1, 0.15) is 10.8 Å². The summed E-state index contributed by atoms with van der Waals surface area (Å²) in [7, 11) is 0. The molecule has 1 aromatic heterocycles. The van der Waals surface area contributed by atoms with Crippen molar-refractivity contribution in [3.8, 4) is 5.75 Å². The zero-order valence-electron chi connectivity index (χ0n) is 12.0. The molecule has 0 fully saturated rings. The van der Waals surface area contributed by atoms with Crippen LogP contribution in [0, 0.1) is 0 Å². The number of aryl methyl sites for hydroxylation is 1. The Bertz CT molecular complexity index is 652. The zero-order chi connectivity index (χ0) is 15.9. The SMILES string of the molecule is CCc1ccc(OCC(=O)NCc2nc(C(=O)O)cs2)cc1. The van der Waals surface area contributed by atoms with Crippen LogP contribution >= 0.6 is 11.3 Å². The summed E-state index contributed by atoms with van der Waals surface area (Å²) in [5, 5.41) is 13.4. The van der Waals surface area contributed by atoms with Crippen LogP contribution in [0.1, 0.15) is 28.0 Å². The minimum absolute atomic E-state index is 0.0125. The van der Waals surface area contributed by atoms with Gasteiger partial charge < -0.3 is 15.2 Å². The molecule has 0 saturated carbocycles. The summed E-state index contributed by atoms with van der Waals surface area (Å²) in [5.74, 6) is -0.728. The third-order valence-electron chi connectivity index (χ3n) is 2.91. The fourth-order valence-electron chi connectivity index (χ4n) is 1.69. The summed E-state index contributed by atoms with van der Waals surface area (Å²) in [4.78, 5) is 26.3. The number of carbonyl (C=O) groups excluding carboxylic acids is 1. The number of rotatable bonds is 7. The zero-order valence-corrected chi connectivity index (χ0v) is 12.9. The van der Waals surface area contributed by atoms with E-state index in [1.165, 1.54) is 22.3 Å². The molecule has 0 bridgehead atoms. The van der Waals surface area contributed by atoms with Crippen LogP contribution in [-0.2, 0) is 17.8 Å². The summed E-state index contributed by atoms with van der Waals surface area (Å²) in [6, 6.07) is 7.56. The molecule has 0 saturated heterocycles. The van der Waals surface area contributed by atoms with Crippen molar-refractivity contribution in [1.82, 2.24) is 10.3 Å². The van der Waals surface area contributed by atoms with Gasteiger partial charge in [-0.05, 0) is 24.1 Å². The number of hydrogen-bond donors (Lipinski definition) is 2. The molecule has 2 rings (SSSR count). The van der Waals surface area contributed by atoms with Crippen LogP contribution < -0.4 is 10.1 Å². The highest BCUT2D eigenvalue weighted by Crippen LogP contribution is 2.12. The van der Waals surface area contributed by atoms with E-state index in [2.05, 4.69) is 17.2 Å². The van der Waals surface area contributed by atoms with Crippen molar-refractivity contribution in [3.05, 3.63) is 45.9 Å². The van der Waals surface area contributed by atoms with Crippen molar-refractivity contribution in [2.75, 3.05) is 6.61 Å². The lowest BCUT2D eigenvalue weighted by Crippen LogP contribution is -2.28. The quantitative estimate of drug-likeness (QED) is 0.815. The van der Waals surface area contributed by atoms with Crippen molar-refractivity contribution in [3.63, 3.8) is 0 Å². The van der Waals surface area contributed by atoms with E-state index in [0.717, 1.165) is 6.42 Å². The van der Waals surface area contributed by atoms with Crippen LogP contribution in [0.5, 0.6) is 5.75 Å². The molecular weight excluding hydrogens is 304 g/mol. The van der Waals surface area contributed by atoms with Gasteiger partial charge >= 0.3 is 5.97 Å². The van der Waals surface area contributed by atoms with Crippen LogP contribution in [0.4, 0.5) is 0 Å². The van der Waals surface area contributed by atoms with Gasteiger partial charge in [-0.3, -0.25) is 4.79 Å². The number of amides is 1. The molecule has 22 heavy (non-hydrogen) atoms. The minimum Gasteiger partial charge on any atom is -0.484 e. The third-order valence-corrected chi connectivity index (χ3v) is 3.76. The second-order valence-corrected chi connectivity index (χ2v) is 5.44. The van der Waals surface area contributed by atoms with Gasteiger partial charge in [-0.2, -0.15) is 0 Å². The first-order chi connectivity index (χ1) is 10.6. The number of thiazole rings is 1. The maximum atomic E-state index is 11.7. The number of aromatic nitrogens is 1. The number of carboxylic acids is 1. The summed E-state index contributed by atoms with van der Waals surface area (Å²) in [6.45, 7) is 2.16. The fourth-order valence-corrected chi connectivity index (χ4v) is 2.39. The molecule has 1 heterocycles. The van der Waals surface area contributed by atoms with Crippen molar-refractivity contribution < 1.29 is 19.4 Å². The molecule has 0 aliphatic carbocycles. The second kappa shape index (κ2) is 7.56. The van der Waals surface area contributed by atoms with Gasteiger partial charge in [0.25, 0.3) is 5.91 Å². The molecular formula is C15H16N2O4S. The summed E-state index contributed by atoms with van der Waals surface area (Å²) in [5.41, 5.74) is 1.19. The number of benzene rings is 1. The lowest BCUT2D eigenvalue weighted by molar-refractivity contribution is -0.123. The van der Waals surface area contributed by atoms with E-state index in [1.807, 2.05) is 24.3 Å². The molecule has 2 aromatic rings. The fraction of sp³-hybridized carbons (Fsp3) is 0.267. The Morgan fingerprint density at radius 1 is 1.32 bits per heavy atom. The molecule has 0 aliphatic heterocycles. The molecule has 0 spiro atoms. The first kappa shape index (κ1) is 16.0. The number of carboxylic acid groups (broad SMARTS) is 1. The van der Waals surface area contributed by atoms with Crippen LogP contribution in [0.3, 0.4) is 0 Å². The van der Waals surface area contributed by atoms with E-state index in [4.69, 9.17) is 9.84 Å². The Hall–Kier alpha value is -2.41. The van der Waals surface area contributed by atoms with Crippen LogP contribution in [0.25, 0.3) is 0 Å². The van der Waals surface area contributed by atoms with Crippen LogP contribution in [0.15, 0.2) is 29.6 Å². The van der Waals surface area contributed by atoms with Gasteiger partial charge in [-0.15, -0.1) is 11.3 Å². The average Bonchev–Trinajstić information content (AvgIpc) is 3.00. The largest absolute Gasteiger partial charge is 0.484 e. The molecule has 6 nitrogen and oxygen atoms in total. The van der Waals surface area contributed by atoms with Crippen molar-refractivity contribution in [1.29, 1.82) is 0 Å². The highest BCUT2D eigenvalue weighted by Gasteiger charge is 2.09. The Labute approximate surface area is 131 Å². The number of nitrogens with one attached hydrogen (secondary N) is 1. The number of hydrogen-bond acceptors (Lipinski definition) is 5. The molecule has 116 valence electrons. The molecule has 0 aliphatic rings. The lowest BCUT2D eigenvalue weighted by Gasteiger charge is -2.07. The monoisotopic (exact) mass is 320 g/mol. The lowest BCUT2D eigenvalue weighted by atomic mass is 10.2. The maximum absolute atomic E-state index is 11.7. The summed E-state index contributed by atoms with van der Waals surface area (Å²) < 4.78 is 5.38. The number of aromatic carboxylic acids is 1. The van der Waals surface area contributed by atoms with E-state index < -0.39 is 5.97 Å². The van der Waals surface area contributed by atoms with Crippen molar-refractivity contribution in [2.24, 2.45) is 0 Å². The van der Waals surface area contributed by atoms with Gasteiger partial charge in [-0.1, -0.05) is 19.1 Å². The van der Waals surface area contributed by atoms with E-state index in [9.17, 15) is 9.59 Å².